The molecule has 1 aromatic rings. The molecular weight excluding hydrogens is 194 g/mol. The van der Waals surface area contributed by atoms with Gasteiger partial charge in [0.15, 0.2) is 5.82 Å². The zero-order valence-corrected chi connectivity index (χ0v) is 8.57. The van der Waals surface area contributed by atoms with Crippen molar-refractivity contribution in [1.29, 1.82) is 0 Å². The zero-order valence-electron chi connectivity index (χ0n) is 8.57. The lowest BCUT2D eigenvalue weighted by molar-refractivity contribution is 0.534. The van der Waals surface area contributed by atoms with Gasteiger partial charge in [-0.3, -0.25) is 0 Å². The third-order valence-electron chi connectivity index (χ3n) is 2.34. The average molecular weight is 209 g/mol. The summed E-state index contributed by atoms with van der Waals surface area (Å²) in [6, 6.07) is 0.346. The summed E-state index contributed by atoms with van der Waals surface area (Å²) in [5.74, 6) is 0.688. The highest BCUT2D eigenvalue weighted by Gasteiger charge is 2.25. The molecule has 2 rings (SSSR count). The molecule has 82 valence electrons. The Bertz CT molecular complexity index is 311. The first kappa shape index (κ1) is 10.4. The van der Waals surface area contributed by atoms with Crippen LogP contribution in [0.4, 0.5) is 0 Å². The van der Waals surface area contributed by atoms with E-state index in [0.717, 1.165) is 5.69 Å². The minimum Gasteiger partial charge on any atom is -0.330 e. The molecule has 0 aromatic carbocycles. The Morgan fingerprint density at radius 2 is 2.27 bits per heavy atom. The molecule has 0 saturated carbocycles. The van der Waals surface area contributed by atoms with Crippen LogP contribution in [0.2, 0.25) is 0 Å². The summed E-state index contributed by atoms with van der Waals surface area (Å²) >= 11 is 0. The highest BCUT2D eigenvalue weighted by atomic mass is 15.7. The summed E-state index contributed by atoms with van der Waals surface area (Å²) < 4.78 is 0. The van der Waals surface area contributed by atoms with Crippen molar-refractivity contribution in [2.75, 3.05) is 6.54 Å². The van der Waals surface area contributed by atoms with Crippen LogP contribution >= 0.6 is 0 Å². The van der Waals surface area contributed by atoms with Crippen LogP contribution in [-0.2, 0) is 6.42 Å². The number of nitrogens with one attached hydrogen (secondary N) is 3. The molecule has 2 heterocycles. The maximum absolute atomic E-state index is 5.40. The van der Waals surface area contributed by atoms with Gasteiger partial charge in [0.2, 0.25) is 0 Å². The van der Waals surface area contributed by atoms with E-state index in [1.165, 1.54) is 0 Å². The number of rotatable bonds is 3. The van der Waals surface area contributed by atoms with Crippen molar-refractivity contribution in [2.24, 2.45) is 5.73 Å². The molecule has 1 fully saturated rings. The molecule has 15 heavy (non-hydrogen) atoms. The van der Waals surface area contributed by atoms with Crippen molar-refractivity contribution in [3.63, 3.8) is 0 Å². The quantitative estimate of drug-likeness (QED) is 0.476. The summed E-state index contributed by atoms with van der Waals surface area (Å²) in [5.41, 5.74) is 15.1. The van der Waals surface area contributed by atoms with Gasteiger partial charge in [-0.25, -0.2) is 15.8 Å². The Kier molecular flexibility index (Phi) is 3.17. The Balaban J connectivity index is 2.09. The molecule has 0 spiro atoms. The second kappa shape index (κ2) is 4.58. The molecule has 7 nitrogen and oxygen atoms in total. The minimum absolute atomic E-state index is 0.0944. The van der Waals surface area contributed by atoms with E-state index in [9.17, 15) is 0 Å². The summed E-state index contributed by atoms with van der Waals surface area (Å²) in [6.45, 7) is 2.59. The fourth-order valence-corrected chi connectivity index (χ4v) is 1.47. The Morgan fingerprint density at radius 1 is 1.40 bits per heavy atom. The van der Waals surface area contributed by atoms with Crippen molar-refractivity contribution >= 4 is 0 Å². The molecule has 5 N–H and O–H groups in total. The second-order valence-electron chi connectivity index (χ2n) is 3.52. The van der Waals surface area contributed by atoms with E-state index in [4.69, 9.17) is 5.73 Å². The standard InChI is InChI=1S/C8H15N7/c1-5-8(14-15-11-5)6-4-10-7(2-3-9)13-12-6/h4-5,8,11,14-15H,2-3,9H2,1H3. The molecule has 7 heteroatoms. The molecule has 2 unspecified atom stereocenters. The molecule has 0 amide bonds. The van der Waals surface area contributed by atoms with Crippen LogP contribution in [0.3, 0.4) is 0 Å². The van der Waals surface area contributed by atoms with Gasteiger partial charge in [-0.2, -0.15) is 10.6 Å². The number of hydrogen-bond donors (Lipinski definition) is 4. The lowest BCUT2D eigenvalue weighted by atomic mass is 10.1. The first-order valence-corrected chi connectivity index (χ1v) is 4.96. The van der Waals surface area contributed by atoms with Crippen LogP contribution in [-0.4, -0.2) is 27.8 Å². The van der Waals surface area contributed by atoms with Crippen LogP contribution in [0.15, 0.2) is 6.20 Å². The number of nitrogens with two attached hydrogens (primary N) is 1. The van der Waals surface area contributed by atoms with Crippen molar-refractivity contribution in [3.05, 3.63) is 17.7 Å². The van der Waals surface area contributed by atoms with Gasteiger partial charge in [0.25, 0.3) is 0 Å². The van der Waals surface area contributed by atoms with E-state index >= 15 is 0 Å². The van der Waals surface area contributed by atoms with Gasteiger partial charge in [-0.1, -0.05) is 0 Å². The Morgan fingerprint density at radius 3 is 2.80 bits per heavy atom. The lowest BCUT2D eigenvalue weighted by Crippen LogP contribution is -2.32. The molecule has 0 bridgehead atoms. The number of nitrogens with zero attached hydrogens (tertiary/aromatic N) is 3. The topological polar surface area (TPSA) is 101 Å². The van der Waals surface area contributed by atoms with Crippen molar-refractivity contribution in [1.82, 2.24) is 31.6 Å². The summed E-state index contributed by atoms with van der Waals surface area (Å²) in [7, 11) is 0. The maximum Gasteiger partial charge on any atom is 0.152 e. The molecule has 1 aliphatic heterocycles. The fraction of sp³-hybridized carbons (Fsp3) is 0.625. The third kappa shape index (κ3) is 2.26. The Hall–Kier alpha value is -1.15. The van der Waals surface area contributed by atoms with Crippen molar-refractivity contribution < 1.29 is 0 Å². The van der Waals surface area contributed by atoms with Gasteiger partial charge in [-0.15, -0.1) is 5.10 Å². The molecule has 1 aliphatic rings. The SMILES string of the molecule is CC1NNNC1c1cnc(CCN)nn1. The van der Waals surface area contributed by atoms with Gasteiger partial charge in [0.05, 0.1) is 12.2 Å². The van der Waals surface area contributed by atoms with E-state index in [1.54, 1.807) is 6.20 Å². The Labute approximate surface area is 87.8 Å². The summed E-state index contributed by atoms with van der Waals surface area (Å²) in [6.07, 6.45) is 2.40. The van der Waals surface area contributed by atoms with E-state index in [-0.39, 0.29) is 12.1 Å². The van der Waals surface area contributed by atoms with Gasteiger partial charge in [0.1, 0.15) is 5.69 Å². The maximum atomic E-state index is 5.40. The van der Waals surface area contributed by atoms with Crippen LogP contribution in [0.1, 0.15) is 24.5 Å². The number of hydrogen-bond acceptors (Lipinski definition) is 7. The summed E-state index contributed by atoms with van der Waals surface area (Å²) in [5, 5.41) is 8.13. The zero-order chi connectivity index (χ0) is 10.7. The average Bonchev–Trinajstić information content (AvgIpc) is 2.66. The predicted octanol–water partition coefficient (Wildman–Crippen LogP) is -1.59. The number of hydrazine groups is 2. The predicted molar refractivity (Wildman–Crippen MR) is 54.2 cm³/mol. The van der Waals surface area contributed by atoms with E-state index in [0.29, 0.717) is 18.8 Å². The first-order valence-electron chi connectivity index (χ1n) is 4.96. The highest BCUT2D eigenvalue weighted by molar-refractivity contribution is 5.06. The van der Waals surface area contributed by atoms with Crippen molar-refractivity contribution in [2.45, 2.75) is 25.4 Å². The van der Waals surface area contributed by atoms with Crippen LogP contribution in [0.5, 0.6) is 0 Å². The molecule has 0 aliphatic carbocycles. The smallest absolute Gasteiger partial charge is 0.152 e. The van der Waals surface area contributed by atoms with Gasteiger partial charge in [0, 0.05) is 12.5 Å². The normalized spacial score (nSPS) is 25.7. The number of aromatic nitrogens is 3. The largest absolute Gasteiger partial charge is 0.330 e. The summed E-state index contributed by atoms with van der Waals surface area (Å²) in [4.78, 5) is 4.20. The monoisotopic (exact) mass is 209 g/mol. The molecular formula is C8H15N7. The lowest BCUT2D eigenvalue weighted by Gasteiger charge is -2.11. The van der Waals surface area contributed by atoms with Crippen LogP contribution in [0.25, 0.3) is 0 Å². The van der Waals surface area contributed by atoms with Crippen LogP contribution in [0, 0.1) is 0 Å². The molecule has 1 saturated heterocycles. The first-order chi connectivity index (χ1) is 7.31. The molecule has 0 radical (unpaired) electrons. The van der Waals surface area contributed by atoms with Crippen LogP contribution < -0.4 is 22.1 Å². The minimum atomic E-state index is 0.0944. The van der Waals surface area contributed by atoms with Gasteiger partial charge < -0.3 is 5.73 Å². The molecule has 2 atom stereocenters. The van der Waals surface area contributed by atoms with E-state index in [1.807, 2.05) is 6.92 Å². The fourth-order valence-electron chi connectivity index (χ4n) is 1.47. The molecule has 1 aromatic heterocycles. The van der Waals surface area contributed by atoms with Gasteiger partial charge in [-0.05, 0) is 13.5 Å². The second-order valence-corrected chi connectivity index (χ2v) is 3.52. The van der Waals surface area contributed by atoms with E-state index in [2.05, 4.69) is 31.6 Å². The van der Waals surface area contributed by atoms with E-state index < -0.39 is 0 Å². The highest BCUT2D eigenvalue weighted by Crippen LogP contribution is 2.14. The van der Waals surface area contributed by atoms with Gasteiger partial charge >= 0.3 is 0 Å². The van der Waals surface area contributed by atoms with Crippen molar-refractivity contribution in [3.8, 4) is 0 Å². The third-order valence-corrected chi connectivity index (χ3v) is 2.34.